The molecule has 2 aliphatic rings. The van der Waals surface area contributed by atoms with Crippen molar-refractivity contribution in [3.8, 4) is 10.4 Å². The molecule has 31 heavy (non-hydrogen) atoms. The van der Waals surface area contributed by atoms with E-state index in [4.69, 9.17) is 4.42 Å². The van der Waals surface area contributed by atoms with Gasteiger partial charge in [-0.3, -0.25) is 9.78 Å². The van der Waals surface area contributed by atoms with Crippen LogP contribution in [0.5, 0.6) is 0 Å². The van der Waals surface area contributed by atoms with Crippen LogP contribution in [0.3, 0.4) is 0 Å². The number of fused-ring (bicyclic) bond motifs is 2. The number of benzene rings is 2. The lowest BCUT2D eigenvalue weighted by Crippen LogP contribution is -2.42. The third-order valence-corrected chi connectivity index (χ3v) is 7.23. The first kappa shape index (κ1) is 18.6. The molecular formula is C24H22N4O2S. The number of hydrogen-bond donors (Lipinski definition) is 1. The predicted molar refractivity (Wildman–Crippen MR) is 121 cm³/mol. The van der Waals surface area contributed by atoms with Crippen molar-refractivity contribution < 1.29 is 9.21 Å². The van der Waals surface area contributed by atoms with E-state index in [9.17, 15) is 4.79 Å². The zero-order valence-corrected chi connectivity index (χ0v) is 17.9. The van der Waals surface area contributed by atoms with Crippen LogP contribution in [0.15, 0.2) is 58.6 Å². The maximum atomic E-state index is 13.7. The Morgan fingerprint density at radius 1 is 1.29 bits per heavy atom. The zero-order valence-electron chi connectivity index (χ0n) is 17.1. The lowest BCUT2D eigenvalue weighted by atomic mass is 10.0. The lowest BCUT2D eigenvalue weighted by Gasteiger charge is -2.28. The largest absolute Gasteiger partial charge is 0.424 e. The van der Waals surface area contributed by atoms with E-state index in [0.717, 1.165) is 39.2 Å². The van der Waals surface area contributed by atoms with Crippen LogP contribution in [-0.4, -0.2) is 39.9 Å². The Bertz CT molecular complexity index is 1230. The van der Waals surface area contributed by atoms with E-state index in [1.165, 1.54) is 6.42 Å². The molecule has 0 spiro atoms. The molecule has 1 saturated carbocycles. The van der Waals surface area contributed by atoms with Crippen LogP contribution in [0.2, 0.25) is 0 Å². The van der Waals surface area contributed by atoms with E-state index in [-0.39, 0.29) is 11.9 Å². The number of nitrogens with one attached hydrogen (secondary N) is 1. The van der Waals surface area contributed by atoms with Crippen molar-refractivity contribution in [3.05, 3.63) is 65.3 Å². The quantitative estimate of drug-likeness (QED) is 0.491. The first-order chi connectivity index (χ1) is 15.2. The molecule has 6 nitrogen and oxygen atoms in total. The Balaban J connectivity index is 1.26. The number of hydrogen-bond acceptors (Lipinski definition) is 6. The number of amides is 1. The summed E-state index contributed by atoms with van der Waals surface area (Å²) >= 11 is 1.56. The van der Waals surface area contributed by atoms with Crippen LogP contribution in [0.1, 0.15) is 22.3 Å². The Morgan fingerprint density at radius 3 is 3.03 bits per heavy atom. The first-order valence-electron chi connectivity index (χ1n) is 10.6. The van der Waals surface area contributed by atoms with Gasteiger partial charge in [0.05, 0.1) is 16.4 Å². The summed E-state index contributed by atoms with van der Waals surface area (Å²) in [6.45, 7) is 3.49. The molecule has 1 aliphatic carbocycles. The van der Waals surface area contributed by atoms with Gasteiger partial charge in [0.15, 0.2) is 5.58 Å². The van der Waals surface area contributed by atoms with Gasteiger partial charge in [-0.25, -0.2) is 0 Å². The summed E-state index contributed by atoms with van der Waals surface area (Å²) in [4.78, 5) is 25.5. The Morgan fingerprint density at radius 2 is 2.19 bits per heavy atom. The molecule has 2 fully saturated rings. The third kappa shape index (κ3) is 3.29. The highest BCUT2D eigenvalue weighted by molar-refractivity contribution is 7.13. The number of oxazole rings is 1. The zero-order chi connectivity index (χ0) is 20.9. The summed E-state index contributed by atoms with van der Waals surface area (Å²) in [7, 11) is 0. The van der Waals surface area contributed by atoms with Crippen molar-refractivity contribution in [2.75, 3.05) is 18.4 Å². The molecule has 0 bridgehead atoms. The van der Waals surface area contributed by atoms with Crippen LogP contribution >= 0.6 is 11.3 Å². The minimum absolute atomic E-state index is 0.101. The Labute approximate surface area is 183 Å². The van der Waals surface area contributed by atoms with Gasteiger partial charge < -0.3 is 14.6 Å². The van der Waals surface area contributed by atoms with Crippen molar-refractivity contribution >= 4 is 34.4 Å². The van der Waals surface area contributed by atoms with Gasteiger partial charge in [0.1, 0.15) is 5.52 Å². The minimum Gasteiger partial charge on any atom is -0.424 e. The van der Waals surface area contributed by atoms with E-state index in [2.05, 4.69) is 21.4 Å². The van der Waals surface area contributed by atoms with Gasteiger partial charge >= 0.3 is 0 Å². The van der Waals surface area contributed by atoms with Crippen LogP contribution in [0.25, 0.3) is 21.5 Å². The molecule has 6 rings (SSSR count). The van der Waals surface area contributed by atoms with Crippen LogP contribution in [0, 0.1) is 18.8 Å². The summed E-state index contributed by atoms with van der Waals surface area (Å²) in [5, 5.41) is 3.34. The molecule has 1 saturated heterocycles. The van der Waals surface area contributed by atoms with E-state index in [1.807, 2.05) is 59.9 Å². The van der Waals surface area contributed by atoms with Crippen molar-refractivity contribution in [3.63, 3.8) is 0 Å². The van der Waals surface area contributed by atoms with E-state index in [1.54, 1.807) is 11.3 Å². The van der Waals surface area contributed by atoms with Gasteiger partial charge in [-0.05, 0) is 43.4 Å². The minimum atomic E-state index is 0.101. The second kappa shape index (κ2) is 7.20. The number of piperidine rings is 1. The van der Waals surface area contributed by atoms with Gasteiger partial charge in [0, 0.05) is 30.4 Å². The highest BCUT2D eigenvalue weighted by Gasteiger charge is 2.54. The van der Waals surface area contributed by atoms with Crippen LogP contribution in [0.4, 0.5) is 6.01 Å². The lowest BCUT2D eigenvalue weighted by molar-refractivity contribution is 0.0716. The number of rotatable bonds is 5. The summed E-state index contributed by atoms with van der Waals surface area (Å²) < 4.78 is 5.81. The van der Waals surface area contributed by atoms with E-state index in [0.29, 0.717) is 24.4 Å². The maximum absolute atomic E-state index is 13.7. The number of nitrogens with zero attached hydrogens (tertiary/aromatic N) is 3. The fourth-order valence-electron chi connectivity index (χ4n) is 4.76. The molecule has 1 amide bonds. The number of carbonyl (C=O) groups excluding carboxylic acids is 1. The summed E-state index contributed by atoms with van der Waals surface area (Å²) in [5.41, 5.74) is 6.22. The fraction of sp³-hybridized carbons (Fsp3) is 0.292. The maximum Gasteiger partial charge on any atom is 0.295 e. The average Bonchev–Trinajstić information content (AvgIpc) is 3.17. The summed E-state index contributed by atoms with van der Waals surface area (Å²) in [6, 6.07) is 14.5. The number of aromatic nitrogens is 2. The second-order valence-corrected chi connectivity index (χ2v) is 9.35. The number of thiazole rings is 1. The number of para-hydroxylation sites is 2. The molecule has 0 radical (unpaired) electrons. The van der Waals surface area contributed by atoms with Crippen LogP contribution in [-0.2, 0) is 0 Å². The SMILES string of the molecule is Cc1ccc(-c2cncs2)c(C(=O)N2C[C@H]3C[C@H]3[C@H]2CNc2nc3ccccc3o2)c1. The fourth-order valence-corrected chi connectivity index (χ4v) is 5.42. The topological polar surface area (TPSA) is 71.3 Å². The average molecular weight is 431 g/mol. The molecule has 1 aliphatic heterocycles. The highest BCUT2D eigenvalue weighted by atomic mass is 32.1. The molecule has 7 heteroatoms. The molecule has 2 aromatic heterocycles. The summed E-state index contributed by atoms with van der Waals surface area (Å²) in [6.07, 6.45) is 3.03. The second-order valence-electron chi connectivity index (χ2n) is 8.47. The van der Waals surface area contributed by atoms with Crippen molar-refractivity contribution in [2.24, 2.45) is 11.8 Å². The van der Waals surface area contributed by atoms with Crippen molar-refractivity contribution in [2.45, 2.75) is 19.4 Å². The number of aryl methyl sites for hydroxylation is 1. The third-order valence-electron chi connectivity index (χ3n) is 6.42. The molecule has 4 aromatic rings. The van der Waals surface area contributed by atoms with E-state index >= 15 is 0 Å². The van der Waals surface area contributed by atoms with Crippen molar-refractivity contribution in [1.82, 2.24) is 14.9 Å². The normalized spacial score (nSPS) is 22.0. The van der Waals surface area contributed by atoms with E-state index < -0.39 is 0 Å². The molecule has 2 aromatic carbocycles. The first-order valence-corrected chi connectivity index (χ1v) is 11.5. The van der Waals surface area contributed by atoms with Gasteiger partial charge in [0.2, 0.25) is 0 Å². The number of likely N-dealkylation sites (tertiary alicyclic amines) is 1. The van der Waals surface area contributed by atoms with Gasteiger partial charge in [-0.1, -0.05) is 29.8 Å². The summed E-state index contributed by atoms with van der Waals surface area (Å²) in [5.74, 6) is 1.26. The molecule has 1 N–H and O–H groups in total. The molecule has 3 heterocycles. The Kier molecular flexibility index (Phi) is 4.31. The predicted octanol–water partition coefficient (Wildman–Crippen LogP) is 4.83. The number of anilines is 1. The van der Waals surface area contributed by atoms with Gasteiger partial charge in [0.25, 0.3) is 11.9 Å². The van der Waals surface area contributed by atoms with Crippen molar-refractivity contribution in [1.29, 1.82) is 0 Å². The molecule has 0 unspecified atom stereocenters. The van der Waals surface area contributed by atoms with Gasteiger partial charge in [-0.15, -0.1) is 11.3 Å². The smallest absolute Gasteiger partial charge is 0.295 e. The molecule has 3 atom stereocenters. The highest BCUT2D eigenvalue weighted by Crippen LogP contribution is 2.50. The monoisotopic (exact) mass is 430 g/mol. The Hall–Kier alpha value is -3.19. The van der Waals surface area contributed by atoms with Crippen LogP contribution < -0.4 is 5.32 Å². The number of carbonyl (C=O) groups is 1. The molecule has 156 valence electrons. The standard InChI is InChI=1S/C24H22N4O2S/c1-14-6-7-16(22-11-25-13-31-22)18(8-14)23(29)28-12-15-9-17(15)20(28)10-26-24-27-19-4-2-3-5-21(19)30-24/h2-8,11,13,15,17,20H,9-10,12H2,1H3,(H,26,27)/t15-,17-,20-/m1/s1. The molecular weight excluding hydrogens is 408 g/mol. The van der Waals surface area contributed by atoms with Gasteiger partial charge in [-0.2, -0.15) is 4.98 Å².